The van der Waals surface area contributed by atoms with Crippen molar-refractivity contribution < 1.29 is 9.53 Å². The third-order valence-electron chi connectivity index (χ3n) is 3.21. The maximum Gasteiger partial charge on any atom is 0.322 e. The van der Waals surface area contributed by atoms with Crippen molar-refractivity contribution in [2.75, 3.05) is 7.11 Å². The molecule has 2 N–H and O–H groups in total. The van der Waals surface area contributed by atoms with Crippen LogP contribution in [0.2, 0.25) is 10.0 Å². The van der Waals surface area contributed by atoms with E-state index in [-0.39, 0.29) is 0 Å². The molecule has 0 fully saturated rings. The van der Waals surface area contributed by atoms with Gasteiger partial charge >= 0.3 is 5.97 Å². The van der Waals surface area contributed by atoms with Crippen LogP contribution < -0.4 is 5.73 Å². The van der Waals surface area contributed by atoms with E-state index < -0.39 is 12.0 Å². The van der Waals surface area contributed by atoms with Gasteiger partial charge in [0.1, 0.15) is 6.04 Å². The average Bonchev–Trinajstić information content (AvgIpc) is 2.55. The fraction of sp³-hybridized carbons (Fsp3) is 0.167. The number of hydrogen-bond acceptors (Lipinski definition) is 3. The second kappa shape index (κ2) is 8.03. The Morgan fingerprint density at radius 1 is 1.13 bits per heavy atom. The number of carbonyl (C=O) groups is 1. The smallest absolute Gasteiger partial charge is 0.322 e. The highest BCUT2D eigenvalue weighted by molar-refractivity contribution is 6.36. The molecule has 118 valence electrons. The fourth-order valence-electron chi connectivity index (χ4n) is 1.96. The maximum atomic E-state index is 11.3. The number of rotatable bonds is 3. The van der Waals surface area contributed by atoms with Gasteiger partial charge in [-0.05, 0) is 36.2 Å². The van der Waals surface area contributed by atoms with Crippen LogP contribution in [0.4, 0.5) is 0 Å². The van der Waals surface area contributed by atoms with E-state index in [1.807, 2.05) is 24.3 Å². The Bertz CT molecular complexity index is 741. The predicted molar refractivity (Wildman–Crippen MR) is 92.6 cm³/mol. The van der Waals surface area contributed by atoms with Crippen LogP contribution in [0, 0.1) is 11.8 Å². The van der Waals surface area contributed by atoms with Crippen molar-refractivity contribution in [3.63, 3.8) is 0 Å². The summed E-state index contributed by atoms with van der Waals surface area (Å²) in [6.07, 6.45) is 0.413. The lowest BCUT2D eigenvalue weighted by Crippen LogP contribution is -2.33. The van der Waals surface area contributed by atoms with Gasteiger partial charge in [-0.25, -0.2) is 0 Å². The second-order valence-electron chi connectivity index (χ2n) is 4.88. The molecule has 0 aliphatic rings. The summed E-state index contributed by atoms with van der Waals surface area (Å²) >= 11 is 12.2. The Balaban J connectivity index is 2.12. The van der Waals surface area contributed by atoms with Crippen molar-refractivity contribution in [1.82, 2.24) is 0 Å². The van der Waals surface area contributed by atoms with E-state index in [9.17, 15) is 4.79 Å². The minimum atomic E-state index is -0.668. The molecule has 0 aliphatic heterocycles. The van der Waals surface area contributed by atoms with Crippen molar-refractivity contribution in [2.24, 2.45) is 5.73 Å². The normalized spacial score (nSPS) is 11.3. The van der Waals surface area contributed by atoms with Gasteiger partial charge in [-0.1, -0.05) is 53.2 Å². The topological polar surface area (TPSA) is 52.3 Å². The Morgan fingerprint density at radius 2 is 1.74 bits per heavy atom. The Kier molecular flexibility index (Phi) is 6.06. The summed E-state index contributed by atoms with van der Waals surface area (Å²) in [5.41, 5.74) is 8.09. The minimum absolute atomic E-state index is 0.413. The van der Waals surface area contributed by atoms with Crippen LogP contribution in [0.15, 0.2) is 42.5 Å². The molecule has 0 aromatic heterocycles. The van der Waals surface area contributed by atoms with Crippen LogP contribution in [-0.2, 0) is 16.0 Å². The molecule has 2 aromatic rings. The molecule has 0 saturated carbocycles. The minimum Gasteiger partial charge on any atom is -0.468 e. The summed E-state index contributed by atoms with van der Waals surface area (Å²) in [6, 6.07) is 12.1. The van der Waals surface area contributed by atoms with Crippen molar-refractivity contribution in [2.45, 2.75) is 12.5 Å². The van der Waals surface area contributed by atoms with Crippen LogP contribution in [-0.4, -0.2) is 19.1 Å². The number of hydrogen-bond donors (Lipinski definition) is 1. The summed E-state index contributed by atoms with van der Waals surface area (Å²) in [6.45, 7) is 0. The highest BCUT2D eigenvalue weighted by atomic mass is 35.5. The summed E-state index contributed by atoms with van der Waals surface area (Å²) in [5, 5.41) is 1.04. The number of nitrogens with two attached hydrogens (primary N) is 1. The van der Waals surface area contributed by atoms with E-state index in [1.165, 1.54) is 7.11 Å². The molecule has 0 radical (unpaired) electrons. The van der Waals surface area contributed by atoms with E-state index in [2.05, 4.69) is 16.6 Å². The Hall–Kier alpha value is -1.99. The van der Waals surface area contributed by atoms with Crippen molar-refractivity contribution in [3.8, 4) is 11.8 Å². The molecule has 0 amide bonds. The molecule has 0 spiro atoms. The van der Waals surface area contributed by atoms with E-state index in [0.717, 1.165) is 11.1 Å². The number of esters is 1. The molecule has 0 heterocycles. The van der Waals surface area contributed by atoms with Gasteiger partial charge in [-0.2, -0.15) is 0 Å². The quantitative estimate of drug-likeness (QED) is 0.683. The van der Waals surface area contributed by atoms with Crippen LogP contribution in [0.25, 0.3) is 0 Å². The zero-order chi connectivity index (χ0) is 16.8. The van der Waals surface area contributed by atoms with Gasteiger partial charge in [0.25, 0.3) is 0 Å². The van der Waals surface area contributed by atoms with Gasteiger partial charge in [0.15, 0.2) is 0 Å². The van der Waals surface area contributed by atoms with E-state index in [0.29, 0.717) is 22.0 Å². The van der Waals surface area contributed by atoms with E-state index >= 15 is 0 Å². The third-order valence-corrected chi connectivity index (χ3v) is 3.84. The van der Waals surface area contributed by atoms with Gasteiger partial charge in [0.2, 0.25) is 0 Å². The van der Waals surface area contributed by atoms with Gasteiger partial charge in [-0.3, -0.25) is 4.79 Å². The molecule has 1 atom stereocenters. The zero-order valence-electron chi connectivity index (χ0n) is 12.5. The lowest BCUT2D eigenvalue weighted by atomic mass is 10.0. The Morgan fingerprint density at radius 3 is 2.30 bits per heavy atom. The lowest BCUT2D eigenvalue weighted by Gasteiger charge is -2.08. The van der Waals surface area contributed by atoms with Crippen molar-refractivity contribution >= 4 is 29.2 Å². The molecule has 0 unspecified atom stereocenters. The van der Waals surface area contributed by atoms with Crippen LogP contribution >= 0.6 is 23.2 Å². The standard InChI is InChI=1S/C18H15Cl2NO2/c1-23-18(22)17(21)11-13-7-5-12(6-8-13)9-10-14-15(19)3-2-4-16(14)20/h2-8,17H,11,21H2,1H3/t17-/m0/s1. The Labute approximate surface area is 145 Å². The number of methoxy groups -OCH3 is 1. The molecule has 0 saturated heterocycles. The van der Waals surface area contributed by atoms with Gasteiger partial charge in [-0.15, -0.1) is 0 Å². The maximum absolute atomic E-state index is 11.3. The number of carbonyl (C=O) groups excluding carboxylic acids is 1. The number of ether oxygens (including phenoxy) is 1. The van der Waals surface area contributed by atoms with Crippen LogP contribution in [0.5, 0.6) is 0 Å². The third kappa shape index (κ3) is 4.74. The molecule has 2 aromatic carbocycles. The lowest BCUT2D eigenvalue weighted by molar-refractivity contribution is -0.142. The zero-order valence-corrected chi connectivity index (χ0v) is 14.0. The first kappa shape index (κ1) is 17.4. The first-order valence-electron chi connectivity index (χ1n) is 6.89. The average molecular weight is 348 g/mol. The highest BCUT2D eigenvalue weighted by Crippen LogP contribution is 2.23. The van der Waals surface area contributed by atoms with Crippen molar-refractivity contribution in [1.29, 1.82) is 0 Å². The van der Waals surface area contributed by atoms with Gasteiger partial charge in [0.05, 0.1) is 22.7 Å². The molecule has 0 aliphatic carbocycles. The molecular weight excluding hydrogens is 333 g/mol. The SMILES string of the molecule is COC(=O)[C@@H](N)Cc1ccc(C#Cc2c(Cl)cccc2Cl)cc1. The largest absolute Gasteiger partial charge is 0.468 e. The molecule has 3 nitrogen and oxygen atoms in total. The van der Waals surface area contributed by atoms with Crippen LogP contribution in [0.1, 0.15) is 16.7 Å². The van der Waals surface area contributed by atoms with E-state index in [4.69, 9.17) is 28.9 Å². The first-order valence-corrected chi connectivity index (χ1v) is 7.65. The molecular formula is C18H15Cl2NO2. The fourth-order valence-corrected chi connectivity index (χ4v) is 2.46. The highest BCUT2D eigenvalue weighted by Gasteiger charge is 2.13. The molecule has 2 rings (SSSR count). The summed E-state index contributed by atoms with van der Waals surface area (Å²) in [4.78, 5) is 11.3. The summed E-state index contributed by atoms with van der Waals surface area (Å²) in [7, 11) is 1.32. The van der Waals surface area contributed by atoms with Crippen molar-refractivity contribution in [3.05, 3.63) is 69.2 Å². The molecule has 0 bridgehead atoms. The first-order chi connectivity index (χ1) is 11.0. The molecule has 23 heavy (non-hydrogen) atoms. The predicted octanol–water partition coefficient (Wildman–Crippen LogP) is 3.44. The summed E-state index contributed by atoms with van der Waals surface area (Å²) < 4.78 is 4.61. The number of halogens is 2. The summed E-state index contributed by atoms with van der Waals surface area (Å²) in [5.74, 6) is 5.56. The van der Waals surface area contributed by atoms with E-state index in [1.54, 1.807) is 18.2 Å². The second-order valence-corrected chi connectivity index (χ2v) is 5.69. The van der Waals surface area contributed by atoms with Crippen LogP contribution in [0.3, 0.4) is 0 Å². The molecule has 5 heteroatoms. The monoisotopic (exact) mass is 347 g/mol. The van der Waals surface area contributed by atoms with Gasteiger partial charge in [0, 0.05) is 5.56 Å². The number of benzene rings is 2. The van der Waals surface area contributed by atoms with Gasteiger partial charge < -0.3 is 10.5 Å².